The third kappa shape index (κ3) is 4.46. The molecular weight excluding hydrogens is 380 g/mol. The van der Waals surface area contributed by atoms with Gasteiger partial charge in [0, 0.05) is 5.02 Å². The lowest BCUT2D eigenvalue weighted by Gasteiger charge is -2.14. The molecule has 0 bridgehead atoms. The zero-order valence-corrected chi connectivity index (χ0v) is 16.6. The molecule has 0 unspecified atom stereocenters. The lowest BCUT2D eigenvalue weighted by Crippen LogP contribution is -2.30. The predicted octanol–water partition coefficient (Wildman–Crippen LogP) is 4.23. The zero-order valence-electron chi connectivity index (χ0n) is 15.9. The van der Waals surface area contributed by atoms with Crippen LogP contribution in [0.5, 0.6) is 11.5 Å². The number of ether oxygens (including phenoxy) is 2. The van der Waals surface area contributed by atoms with E-state index in [-0.39, 0.29) is 24.3 Å². The van der Waals surface area contributed by atoms with Gasteiger partial charge in [0.1, 0.15) is 5.70 Å². The monoisotopic (exact) mass is 400 g/mol. The molecular formula is C21H21ClN2O4. The highest BCUT2D eigenvalue weighted by Gasteiger charge is 2.33. The molecule has 1 saturated heterocycles. The summed E-state index contributed by atoms with van der Waals surface area (Å²) in [5, 5.41) is 3.22. The van der Waals surface area contributed by atoms with Crippen molar-refractivity contribution in [3.8, 4) is 11.5 Å². The summed E-state index contributed by atoms with van der Waals surface area (Å²) in [4.78, 5) is 26.0. The summed E-state index contributed by atoms with van der Waals surface area (Å²) in [5.74, 6) is 0.782. The first-order chi connectivity index (χ1) is 13.4. The molecule has 146 valence electrons. The number of benzene rings is 2. The molecule has 0 atom stereocenters. The van der Waals surface area contributed by atoms with E-state index < -0.39 is 6.03 Å². The average molecular weight is 401 g/mol. The van der Waals surface area contributed by atoms with Crippen LogP contribution in [-0.2, 0) is 11.3 Å². The molecule has 0 aliphatic carbocycles. The lowest BCUT2D eigenvalue weighted by molar-refractivity contribution is -0.123. The summed E-state index contributed by atoms with van der Waals surface area (Å²) < 4.78 is 11.1. The normalized spacial score (nSPS) is 15.3. The topological polar surface area (TPSA) is 67.9 Å². The second-order valence-corrected chi connectivity index (χ2v) is 7.02. The second kappa shape index (κ2) is 8.35. The van der Waals surface area contributed by atoms with E-state index in [1.165, 1.54) is 0 Å². The number of halogens is 1. The molecule has 2 aromatic carbocycles. The van der Waals surface area contributed by atoms with Crippen molar-refractivity contribution >= 4 is 29.6 Å². The number of nitrogens with one attached hydrogen (secondary N) is 1. The van der Waals surface area contributed by atoms with Crippen molar-refractivity contribution in [2.24, 2.45) is 0 Å². The minimum absolute atomic E-state index is 0.00947. The Morgan fingerprint density at radius 1 is 1.11 bits per heavy atom. The first-order valence-electron chi connectivity index (χ1n) is 8.81. The van der Waals surface area contributed by atoms with Gasteiger partial charge in [0.15, 0.2) is 11.5 Å². The molecule has 2 aromatic rings. The van der Waals surface area contributed by atoms with Crippen molar-refractivity contribution in [2.45, 2.75) is 26.5 Å². The van der Waals surface area contributed by atoms with Crippen LogP contribution >= 0.6 is 11.6 Å². The fraction of sp³-hybridized carbons (Fsp3) is 0.238. The number of urea groups is 1. The molecule has 3 rings (SSSR count). The summed E-state index contributed by atoms with van der Waals surface area (Å²) in [6.07, 6.45) is 1.62. The van der Waals surface area contributed by atoms with Crippen molar-refractivity contribution in [3.63, 3.8) is 0 Å². The number of methoxy groups -OCH3 is 1. The van der Waals surface area contributed by atoms with Crippen LogP contribution < -0.4 is 14.8 Å². The molecule has 0 saturated carbocycles. The van der Waals surface area contributed by atoms with Crippen molar-refractivity contribution < 1.29 is 19.1 Å². The van der Waals surface area contributed by atoms with Crippen LogP contribution in [0.1, 0.15) is 25.0 Å². The molecule has 1 aliphatic heterocycles. The molecule has 1 heterocycles. The van der Waals surface area contributed by atoms with Gasteiger partial charge in [0.05, 0.1) is 19.8 Å². The van der Waals surface area contributed by atoms with E-state index in [0.29, 0.717) is 22.1 Å². The van der Waals surface area contributed by atoms with Crippen LogP contribution in [-0.4, -0.2) is 30.1 Å². The zero-order chi connectivity index (χ0) is 20.3. The quantitative estimate of drug-likeness (QED) is 0.582. The van der Waals surface area contributed by atoms with Crippen LogP contribution in [0.15, 0.2) is 48.2 Å². The summed E-state index contributed by atoms with van der Waals surface area (Å²) in [5.41, 5.74) is 1.73. The van der Waals surface area contributed by atoms with Gasteiger partial charge in [-0.1, -0.05) is 29.8 Å². The minimum Gasteiger partial charge on any atom is -0.493 e. The number of carbonyl (C=O) groups is 2. The number of hydrogen-bond acceptors (Lipinski definition) is 4. The van der Waals surface area contributed by atoms with Crippen molar-refractivity contribution in [1.82, 2.24) is 10.2 Å². The molecule has 28 heavy (non-hydrogen) atoms. The Labute approximate surface area is 168 Å². The fourth-order valence-electron chi connectivity index (χ4n) is 2.78. The molecule has 1 N–H and O–H groups in total. The van der Waals surface area contributed by atoms with E-state index in [2.05, 4.69) is 5.32 Å². The number of amides is 3. The lowest BCUT2D eigenvalue weighted by atomic mass is 10.1. The molecule has 0 spiro atoms. The third-order valence-corrected chi connectivity index (χ3v) is 4.33. The highest BCUT2D eigenvalue weighted by atomic mass is 35.5. The maximum atomic E-state index is 12.7. The van der Waals surface area contributed by atoms with E-state index in [0.717, 1.165) is 10.5 Å². The van der Waals surface area contributed by atoms with Crippen LogP contribution in [0.3, 0.4) is 0 Å². The summed E-state index contributed by atoms with van der Waals surface area (Å²) in [7, 11) is 1.55. The predicted molar refractivity (Wildman–Crippen MR) is 107 cm³/mol. The van der Waals surface area contributed by atoms with Crippen LogP contribution in [0, 0.1) is 0 Å². The van der Waals surface area contributed by atoms with Crippen molar-refractivity contribution in [3.05, 3.63) is 64.3 Å². The largest absolute Gasteiger partial charge is 0.493 e. The number of imide groups is 1. The molecule has 3 amide bonds. The van der Waals surface area contributed by atoms with Gasteiger partial charge in [-0.25, -0.2) is 4.79 Å². The Balaban J connectivity index is 1.80. The maximum Gasteiger partial charge on any atom is 0.329 e. The van der Waals surface area contributed by atoms with Gasteiger partial charge in [-0.2, -0.15) is 0 Å². The van der Waals surface area contributed by atoms with Crippen molar-refractivity contribution in [1.29, 1.82) is 0 Å². The summed E-state index contributed by atoms with van der Waals surface area (Å²) in [6, 6.07) is 11.9. The average Bonchev–Trinajstić information content (AvgIpc) is 2.91. The highest BCUT2D eigenvalue weighted by molar-refractivity contribution is 6.30. The molecule has 1 aliphatic rings. The standard InChI is InChI=1S/C21H21ClN2O4/c1-13(2)28-18-9-6-15(11-19(18)27-3)10-17-20(25)24(21(26)23-17)12-14-4-7-16(22)8-5-14/h4-11,13H,12H2,1-3H3,(H,23,26). The van der Waals surface area contributed by atoms with Gasteiger partial charge in [0.25, 0.3) is 5.91 Å². The molecule has 6 nitrogen and oxygen atoms in total. The van der Waals surface area contributed by atoms with E-state index in [1.807, 2.05) is 13.8 Å². The van der Waals surface area contributed by atoms with Crippen LogP contribution in [0.4, 0.5) is 4.79 Å². The van der Waals surface area contributed by atoms with E-state index in [9.17, 15) is 9.59 Å². The molecule has 7 heteroatoms. The summed E-state index contributed by atoms with van der Waals surface area (Å²) in [6.45, 7) is 4.03. The molecule has 0 aromatic heterocycles. The number of rotatable bonds is 6. The van der Waals surface area contributed by atoms with Crippen LogP contribution in [0.25, 0.3) is 6.08 Å². The van der Waals surface area contributed by atoms with Gasteiger partial charge >= 0.3 is 6.03 Å². The SMILES string of the molecule is COc1cc(C=C2NC(=O)N(Cc3ccc(Cl)cc3)C2=O)ccc1OC(C)C. The van der Waals surface area contributed by atoms with Gasteiger partial charge in [0.2, 0.25) is 0 Å². The van der Waals surface area contributed by atoms with Gasteiger partial charge < -0.3 is 14.8 Å². The Hall–Kier alpha value is -2.99. The second-order valence-electron chi connectivity index (χ2n) is 6.58. The van der Waals surface area contributed by atoms with Gasteiger partial charge in [-0.05, 0) is 55.3 Å². The maximum absolute atomic E-state index is 12.7. The smallest absolute Gasteiger partial charge is 0.329 e. The Bertz CT molecular complexity index is 923. The first kappa shape index (κ1) is 19.8. The highest BCUT2D eigenvalue weighted by Crippen LogP contribution is 2.30. The van der Waals surface area contributed by atoms with Crippen LogP contribution in [0.2, 0.25) is 5.02 Å². The summed E-state index contributed by atoms with van der Waals surface area (Å²) >= 11 is 5.87. The van der Waals surface area contributed by atoms with Crippen molar-refractivity contribution in [2.75, 3.05) is 7.11 Å². The minimum atomic E-state index is -0.460. The Kier molecular flexibility index (Phi) is 5.90. The van der Waals surface area contributed by atoms with E-state index in [1.54, 1.807) is 55.7 Å². The number of hydrogen-bond donors (Lipinski definition) is 1. The fourth-order valence-corrected chi connectivity index (χ4v) is 2.91. The Morgan fingerprint density at radius 2 is 1.82 bits per heavy atom. The van der Waals surface area contributed by atoms with E-state index >= 15 is 0 Å². The van der Waals surface area contributed by atoms with Gasteiger partial charge in [-0.15, -0.1) is 0 Å². The number of nitrogens with zero attached hydrogens (tertiary/aromatic N) is 1. The number of carbonyl (C=O) groups excluding carboxylic acids is 2. The first-order valence-corrected chi connectivity index (χ1v) is 9.19. The Morgan fingerprint density at radius 3 is 2.46 bits per heavy atom. The molecule has 0 radical (unpaired) electrons. The van der Waals surface area contributed by atoms with Gasteiger partial charge in [-0.3, -0.25) is 9.69 Å². The molecule has 1 fully saturated rings. The third-order valence-electron chi connectivity index (χ3n) is 4.08. The van der Waals surface area contributed by atoms with E-state index in [4.69, 9.17) is 21.1 Å².